The molecule has 5 heteroatoms. The number of carboxylic acid groups (broad SMARTS) is 1. The van der Waals surface area contributed by atoms with Gasteiger partial charge in [0.1, 0.15) is 0 Å². The van der Waals surface area contributed by atoms with Crippen LogP contribution in [0.5, 0.6) is 0 Å². The SMILES string of the molecule is CC(C)CCCOC(F)(F)C(=O)O. The molecule has 0 heterocycles. The summed E-state index contributed by atoms with van der Waals surface area (Å²) in [5, 5.41) is 7.97. The van der Waals surface area contributed by atoms with E-state index in [2.05, 4.69) is 4.74 Å². The lowest BCUT2D eigenvalue weighted by Crippen LogP contribution is -2.31. The second kappa shape index (κ2) is 5.11. The minimum absolute atomic E-state index is 0.225. The van der Waals surface area contributed by atoms with Crippen molar-refractivity contribution in [2.75, 3.05) is 6.61 Å². The average molecular weight is 196 g/mol. The van der Waals surface area contributed by atoms with Gasteiger partial charge in [0.15, 0.2) is 0 Å². The van der Waals surface area contributed by atoms with Crippen LogP contribution in [0.1, 0.15) is 26.7 Å². The lowest BCUT2D eigenvalue weighted by atomic mass is 10.1. The molecule has 0 atom stereocenters. The van der Waals surface area contributed by atoms with E-state index in [-0.39, 0.29) is 6.61 Å². The molecule has 0 aliphatic rings. The maximum absolute atomic E-state index is 12.2. The van der Waals surface area contributed by atoms with Crippen LogP contribution in [0.3, 0.4) is 0 Å². The largest absolute Gasteiger partial charge is 0.475 e. The van der Waals surface area contributed by atoms with Crippen LogP contribution in [0.2, 0.25) is 0 Å². The molecule has 0 saturated heterocycles. The molecule has 0 fully saturated rings. The molecule has 0 bridgehead atoms. The normalized spacial score (nSPS) is 12.1. The summed E-state index contributed by atoms with van der Waals surface area (Å²) in [6.45, 7) is 3.68. The lowest BCUT2D eigenvalue weighted by Gasteiger charge is -2.11. The van der Waals surface area contributed by atoms with Crippen molar-refractivity contribution in [3.8, 4) is 0 Å². The molecular weight excluding hydrogens is 182 g/mol. The van der Waals surface area contributed by atoms with Gasteiger partial charge in [-0.15, -0.1) is 0 Å². The molecule has 0 unspecified atom stereocenters. The second-order valence-corrected chi connectivity index (χ2v) is 3.21. The number of hydrogen-bond donors (Lipinski definition) is 1. The van der Waals surface area contributed by atoms with Crippen molar-refractivity contribution in [1.29, 1.82) is 0 Å². The second-order valence-electron chi connectivity index (χ2n) is 3.21. The van der Waals surface area contributed by atoms with Crippen LogP contribution < -0.4 is 0 Å². The van der Waals surface area contributed by atoms with Crippen LogP contribution in [0.15, 0.2) is 0 Å². The molecule has 0 aromatic carbocycles. The third kappa shape index (κ3) is 5.52. The Morgan fingerprint density at radius 1 is 1.54 bits per heavy atom. The zero-order valence-electron chi connectivity index (χ0n) is 7.72. The summed E-state index contributed by atoms with van der Waals surface area (Å²) in [5.41, 5.74) is 0. The highest BCUT2D eigenvalue weighted by atomic mass is 19.3. The molecule has 0 amide bonds. The number of ether oxygens (including phenoxy) is 1. The summed E-state index contributed by atoms with van der Waals surface area (Å²) in [7, 11) is 0. The molecule has 0 aromatic heterocycles. The highest BCUT2D eigenvalue weighted by molar-refractivity contribution is 5.73. The fourth-order valence-corrected chi connectivity index (χ4v) is 0.754. The van der Waals surface area contributed by atoms with Crippen LogP contribution in [-0.2, 0) is 9.53 Å². The quantitative estimate of drug-likeness (QED) is 0.662. The number of rotatable bonds is 6. The van der Waals surface area contributed by atoms with Gasteiger partial charge in [0, 0.05) is 0 Å². The summed E-state index contributed by atoms with van der Waals surface area (Å²) in [4.78, 5) is 9.87. The minimum atomic E-state index is -4.04. The third-order valence-electron chi connectivity index (χ3n) is 1.46. The van der Waals surface area contributed by atoms with Crippen molar-refractivity contribution in [3.63, 3.8) is 0 Å². The maximum atomic E-state index is 12.2. The summed E-state index contributed by atoms with van der Waals surface area (Å²) in [5.74, 6) is -1.83. The molecule has 0 spiro atoms. The zero-order chi connectivity index (χ0) is 10.5. The number of aliphatic carboxylic acids is 1. The molecule has 3 nitrogen and oxygen atoms in total. The Balaban J connectivity index is 3.58. The fraction of sp³-hybridized carbons (Fsp3) is 0.875. The number of hydrogen-bond acceptors (Lipinski definition) is 2. The van der Waals surface area contributed by atoms with Crippen molar-refractivity contribution in [1.82, 2.24) is 0 Å². The van der Waals surface area contributed by atoms with E-state index in [9.17, 15) is 13.6 Å². The first-order valence-corrected chi connectivity index (χ1v) is 4.11. The monoisotopic (exact) mass is 196 g/mol. The molecule has 0 aromatic rings. The molecule has 13 heavy (non-hydrogen) atoms. The van der Waals surface area contributed by atoms with Gasteiger partial charge in [0.25, 0.3) is 0 Å². The molecule has 0 saturated carbocycles. The van der Waals surface area contributed by atoms with E-state index in [1.165, 1.54) is 0 Å². The van der Waals surface area contributed by atoms with Gasteiger partial charge >= 0.3 is 12.1 Å². The number of carboxylic acids is 1. The third-order valence-corrected chi connectivity index (χ3v) is 1.46. The van der Waals surface area contributed by atoms with E-state index in [1.54, 1.807) is 0 Å². The standard InChI is InChI=1S/C8H14F2O3/c1-6(2)4-3-5-13-8(9,10)7(11)12/h6H,3-5H2,1-2H3,(H,11,12). The first-order valence-electron chi connectivity index (χ1n) is 4.11. The summed E-state index contributed by atoms with van der Waals surface area (Å²) >= 11 is 0. The Morgan fingerprint density at radius 2 is 2.08 bits per heavy atom. The van der Waals surface area contributed by atoms with E-state index in [1.807, 2.05) is 13.8 Å². The highest BCUT2D eigenvalue weighted by Crippen LogP contribution is 2.16. The maximum Gasteiger partial charge on any atom is 0.455 e. The minimum Gasteiger partial charge on any atom is -0.475 e. The summed E-state index contributed by atoms with van der Waals surface area (Å²) < 4.78 is 28.4. The van der Waals surface area contributed by atoms with Crippen molar-refractivity contribution in [2.24, 2.45) is 5.92 Å². The van der Waals surface area contributed by atoms with Gasteiger partial charge in [0.2, 0.25) is 0 Å². The van der Waals surface area contributed by atoms with Crippen molar-refractivity contribution in [2.45, 2.75) is 32.8 Å². The van der Waals surface area contributed by atoms with E-state index in [0.717, 1.165) is 6.42 Å². The Hall–Kier alpha value is -0.710. The van der Waals surface area contributed by atoms with Crippen LogP contribution in [0, 0.1) is 5.92 Å². The summed E-state index contributed by atoms with van der Waals surface area (Å²) in [6.07, 6.45) is -2.85. The predicted octanol–water partition coefficient (Wildman–Crippen LogP) is 2.12. The Morgan fingerprint density at radius 3 is 2.46 bits per heavy atom. The van der Waals surface area contributed by atoms with E-state index in [4.69, 9.17) is 5.11 Å². The fourth-order valence-electron chi connectivity index (χ4n) is 0.754. The van der Waals surface area contributed by atoms with Crippen molar-refractivity contribution in [3.05, 3.63) is 0 Å². The van der Waals surface area contributed by atoms with Gasteiger partial charge in [0.05, 0.1) is 6.61 Å². The van der Waals surface area contributed by atoms with Gasteiger partial charge < -0.3 is 9.84 Å². The Labute approximate surface area is 75.7 Å². The average Bonchev–Trinajstić information content (AvgIpc) is 1.97. The zero-order valence-corrected chi connectivity index (χ0v) is 7.72. The van der Waals surface area contributed by atoms with Gasteiger partial charge in [-0.05, 0) is 18.8 Å². The lowest BCUT2D eigenvalue weighted by molar-refractivity contribution is -0.245. The Bertz CT molecular complexity index is 169. The van der Waals surface area contributed by atoms with Crippen LogP contribution in [0.25, 0.3) is 0 Å². The molecule has 0 aliphatic carbocycles. The number of carbonyl (C=O) groups is 1. The van der Waals surface area contributed by atoms with Crippen molar-refractivity contribution >= 4 is 5.97 Å². The molecule has 0 radical (unpaired) electrons. The summed E-state index contributed by atoms with van der Waals surface area (Å²) in [6, 6.07) is 0. The predicted molar refractivity (Wildman–Crippen MR) is 42.6 cm³/mol. The molecule has 0 rings (SSSR count). The van der Waals surface area contributed by atoms with Crippen molar-refractivity contribution < 1.29 is 23.4 Å². The van der Waals surface area contributed by atoms with Gasteiger partial charge in [-0.2, -0.15) is 8.78 Å². The van der Waals surface area contributed by atoms with E-state index in [0.29, 0.717) is 12.3 Å². The number of alkyl halides is 2. The van der Waals surface area contributed by atoms with Crippen LogP contribution in [-0.4, -0.2) is 23.8 Å². The smallest absolute Gasteiger partial charge is 0.455 e. The van der Waals surface area contributed by atoms with E-state index < -0.39 is 12.1 Å². The Kier molecular flexibility index (Phi) is 4.83. The van der Waals surface area contributed by atoms with Gasteiger partial charge in [-0.1, -0.05) is 13.8 Å². The number of halogens is 2. The van der Waals surface area contributed by atoms with Gasteiger partial charge in [-0.3, -0.25) is 0 Å². The molecular formula is C8H14F2O3. The van der Waals surface area contributed by atoms with Crippen LogP contribution >= 0.6 is 0 Å². The topological polar surface area (TPSA) is 46.5 Å². The molecule has 0 aliphatic heterocycles. The van der Waals surface area contributed by atoms with E-state index >= 15 is 0 Å². The molecule has 1 N–H and O–H groups in total. The first kappa shape index (κ1) is 12.3. The highest BCUT2D eigenvalue weighted by Gasteiger charge is 2.40. The molecule has 78 valence electrons. The first-order chi connectivity index (χ1) is 5.86. The van der Waals surface area contributed by atoms with Gasteiger partial charge in [-0.25, -0.2) is 4.79 Å². The van der Waals surface area contributed by atoms with Crippen LogP contribution in [0.4, 0.5) is 8.78 Å².